The zero-order chi connectivity index (χ0) is 14.7. The Hall–Kier alpha value is -2.21. The summed E-state index contributed by atoms with van der Waals surface area (Å²) in [5, 5.41) is 9.91. The molecule has 0 bridgehead atoms. The zero-order valence-electron chi connectivity index (χ0n) is 10.8. The third-order valence-electron chi connectivity index (χ3n) is 2.75. The summed E-state index contributed by atoms with van der Waals surface area (Å²) < 4.78 is 15.5. The number of nitrogens with zero attached hydrogens (tertiary/aromatic N) is 1. The lowest BCUT2D eigenvalue weighted by Crippen LogP contribution is -1.97. The smallest absolute Gasteiger partial charge is 0.433 e. The molecule has 0 amide bonds. The van der Waals surface area contributed by atoms with Crippen molar-refractivity contribution in [3.8, 4) is 11.5 Å². The van der Waals surface area contributed by atoms with Crippen LogP contribution in [0.5, 0.6) is 11.5 Å². The van der Waals surface area contributed by atoms with Gasteiger partial charge in [-0.25, -0.2) is 0 Å². The van der Waals surface area contributed by atoms with E-state index >= 15 is 0 Å². The number of benzene rings is 1. The van der Waals surface area contributed by atoms with E-state index in [1.54, 1.807) is 18.2 Å². The second kappa shape index (κ2) is 5.83. The molecule has 7 heteroatoms. The maximum atomic E-state index is 10.6. The van der Waals surface area contributed by atoms with Gasteiger partial charge in [0.25, 0.3) is 0 Å². The van der Waals surface area contributed by atoms with Gasteiger partial charge in [0.1, 0.15) is 27.6 Å². The van der Waals surface area contributed by atoms with Crippen molar-refractivity contribution < 1.29 is 18.8 Å². The normalized spacial score (nSPS) is 11.9. The summed E-state index contributed by atoms with van der Waals surface area (Å²) >= 11 is 6.31. The summed E-state index contributed by atoms with van der Waals surface area (Å²) in [5.74, 6) is 1.06. The van der Waals surface area contributed by atoms with Crippen molar-refractivity contribution in [2.45, 2.75) is 5.38 Å². The molecule has 6 nitrogen and oxygen atoms in total. The van der Waals surface area contributed by atoms with E-state index in [-0.39, 0.29) is 11.6 Å². The minimum absolute atomic E-state index is 0.268. The van der Waals surface area contributed by atoms with Crippen LogP contribution in [-0.4, -0.2) is 19.1 Å². The van der Waals surface area contributed by atoms with Crippen LogP contribution < -0.4 is 9.47 Å². The van der Waals surface area contributed by atoms with Gasteiger partial charge in [-0.2, -0.15) is 0 Å². The number of hydrogen-bond donors (Lipinski definition) is 0. The van der Waals surface area contributed by atoms with Crippen LogP contribution >= 0.6 is 11.6 Å². The average Bonchev–Trinajstić information content (AvgIpc) is 2.95. The third-order valence-corrected chi connectivity index (χ3v) is 3.20. The van der Waals surface area contributed by atoms with Crippen LogP contribution in [0.4, 0.5) is 5.88 Å². The first-order valence-corrected chi connectivity index (χ1v) is 6.10. The second-order valence-corrected chi connectivity index (χ2v) is 4.34. The zero-order valence-corrected chi connectivity index (χ0v) is 11.6. The largest absolute Gasteiger partial charge is 0.497 e. The summed E-state index contributed by atoms with van der Waals surface area (Å²) in [6.07, 6.45) is 0. The van der Waals surface area contributed by atoms with Crippen molar-refractivity contribution in [1.29, 1.82) is 0 Å². The molecule has 106 valence electrons. The first-order valence-electron chi connectivity index (χ1n) is 5.67. The predicted molar refractivity (Wildman–Crippen MR) is 72.6 cm³/mol. The van der Waals surface area contributed by atoms with E-state index in [9.17, 15) is 10.1 Å². The van der Waals surface area contributed by atoms with E-state index < -0.39 is 10.3 Å². The Kier molecular flexibility index (Phi) is 4.14. The Balaban J connectivity index is 2.40. The van der Waals surface area contributed by atoms with Gasteiger partial charge in [0.2, 0.25) is 0 Å². The molecule has 0 saturated carbocycles. The molecule has 0 aliphatic carbocycles. The lowest BCUT2D eigenvalue weighted by molar-refractivity contribution is -0.402. The van der Waals surface area contributed by atoms with Crippen LogP contribution in [0.25, 0.3) is 0 Å². The van der Waals surface area contributed by atoms with Gasteiger partial charge in [0.15, 0.2) is 0 Å². The Morgan fingerprint density at radius 1 is 1.25 bits per heavy atom. The molecule has 0 radical (unpaired) electrons. The van der Waals surface area contributed by atoms with Gasteiger partial charge in [0, 0.05) is 5.56 Å². The minimum Gasteiger partial charge on any atom is -0.497 e. The maximum Gasteiger partial charge on any atom is 0.433 e. The van der Waals surface area contributed by atoms with E-state index in [4.69, 9.17) is 25.5 Å². The Morgan fingerprint density at radius 2 is 2.00 bits per heavy atom. The molecule has 0 saturated heterocycles. The van der Waals surface area contributed by atoms with Crippen LogP contribution in [0.3, 0.4) is 0 Å². The van der Waals surface area contributed by atoms with E-state index in [0.29, 0.717) is 17.1 Å². The number of halogens is 1. The van der Waals surface area contributed by atoms with Gasteiger partial charge in [0.05, 0.1) is 20.3 Å². The van der Waals surface area contributed by atoms with Crippen LogP contribution in [-0.2, 0) is 0 Å². The van der Waals surface area contributed by atoms with Gasteiger partial charge in [-0.15, -0.1) is 11.6 Å². The van der Waals surface area contributed by atoms with Crippen molar-refractivity contribution in [2.24, 2.45) is 0 Å². The first kappa shape index (κ1) is 14.2. The molecule has 1 unspecified atom stereocenters. The third kappa shape index (κ3) is 2.70. The van der Waals surface area contributed by atoms with E-state index in [1.165, 1.54) is 26.4 Å². The molecular weight excluding hydrogens is 286 g/mol. The van der Waals surface area contributed by atoms with E-state index in [1.807, 2.05) is 0 Å². The van der Waals surface area contributed by atoms with Crippen molar-refractivity contribution in [3.63, 3.8) is 0 Å². The van der Waals surface area contributed by atoms with Gasteiger partial charge < -0.3 is 13.9 Å². The molecule has 0 N–H and O–H groups in total. The molecule has 2 rings (SSSR count). The molecule has 0 aliphatic heterocycles. The number of furan rings is 1. The molecule has 1 aromatic carbocycles. The van der Waals surface area contributed by atoms with Gasteiger partial charge in [-0.1, -0.05) is 0 Å². The molecule has 0 spiro atoms. The highest BCUT2D eigenvalue weighted by atomic mass is 35.5. The Morgan fingerprint density at radius 3 is 2.55 bits per heavy atom. The summed E-state index contributed by atoms with van der Waals surface area (Å²) in [6.45, 7) is 0. The van der Waals surface area contributed by atoms with Gasteiger partial charge in [-0.3, -0.25) is 10.1 Å². The average molecular weight is 298 g/mol. The van der Waals surface area contributed by atoms with Crippen molar-refractivity contribution in [3.05, 3.63) is 51.8 Å². The highest BCUT2D eigenvalue weighted by molar-refractivity contribution is 6.22. The Labute approximate surface area is 120 Å². The highest BCUT2D eigenvalue weighted by Crippen LogP contribution is 2.38. The van der Waals surface area contributed by atoms with Crippen LogP contribution in [0.1, 0.15) is 16.7 Å². The molecule has 1 heterocycles. The van der Waals surface area contributed by atoms with Gasteiger partial charge >= 0.3 is 5.88 Å². The molecular formula is C13H12ClNO5. The van der Waals surface area contributed by atoms with Crippen LogP contribution in [0.2, 0.25) is 0 Å². The second-order valence-electron chi connectivity index (χ2n) is 3.90. The van der Waals surface area contributed by atoms with Crippen LogP contribution in [0, 0.1) is 10.1 Å². The van der Waals surface area contributed by atoms with Crippen molar-refractivity contribution >= 4 is 17.5 Å². The Bertz CT molecular complexity index is 625. The maximum absolute atomic E-state index is 10.6. The van der Waals surface area contributed by atoms with E-state index in [2.05, 4.69) is 0 Å². The highest BCUT2D eigenvalue weighted by Gasteiger charge is 2.22. The number of ether oxygens (including phenoxy) is 2. The van der Waals surface area contributed by atoms with Crippen LogP contribution in [0.15, 0.2) is 34.7 Å². The fourth-order valence-electron chi connectivity index (χ4n) is 1.77. The summed E-state index contributed by atoms with van der Waals surface area (Å²) in [4.78, 5) is 10.0. The number of methoxy groups -OCH3 is 2. The topological polar surface area (TPSA) is 74.7 Å². The number of hydrogen-bond acceptors (Lipinski definition) is 5. The molecule has 1 aromatic heterocycles. The fraction of sp³-hybridized carbons (Fsp3) is 0.231. The number of nitro groups is 1. The minimum atomic E-state index is -0.714. The van der Waals surface area contributed by atoms with Crippen molar-refractivity contribution in [1.82, 2.24) is 0 Å². The predicted octanol–water partition coefficient (Wildman–Crippen LogP) is 3.53. The lowest BCUT2D eigenvalue weighted by atomic mass is 10.1. The number of alkyl halides is 1. The lowest BCUT2D eigenvalue weighted by Gasteiger charge is -2.13. The summed E-state index contributed by atoms with van der Waals surface area (Å²) in [7, 11) is 3.05. The standard InChI is InChI=1S/C13H12ClNO5/c1-18-8-3-4-10(19-2)9(7-8)13(14)11-5-6-12(20-11)15(16)17/h3-7,13H,1-2H3. The molecule has 0 aliphatic rings. The molecule has 2 aromatic rings. The van der Waals surface area contributed by atoms with Gasteiger partial charge in [-0.05, 0) is 24.3 Å². The number of rotatable bonds is 5. The SMILES string of the molecule is COc1ccc(OC)c(C(Cl)c2ccc([N+](=O)[O-])o2)c1. The molecule has 20 heavy (non-hydrogen) atoms. The van der Waals surface area contributed by atoms with E-state index in [0.717, 1.165) is 0 Å². The first-order chi connectivity index (χ1) is 9.56. The summed E-state index contributed by atoms with van der Waals surface area (Å²) in [5.41, 5.74) is 0.609. The fourth-order valence-corrected chi connectivity index (χ4v) is 2.06. The molecule has 0 fully saturated rings. The van der Waals surface area contributed by atoms with Crippen molar-refractivity contribution in [2.75, 3.05) is 14.2 Å². The monoisotopic (exact) mass is 297 g/mol. The quantitative estimate of drug-likeness (QED) is 0.479. The summed E-state index contributed by atoms with van der Waals surface area (Å²) in [6, 6.07) is 7.87. The molecule has 1 atom stereocenters.